The van der Waals surface area contributed by atoms with Gasteiger partial charge < -0.3 is 10.2 Å². The molecular weight excluding hydrogens is 474 g/mol. The van der Waals surface area contributed by atoms with Crippen LogP contribution in [0.4, 0.5) is 28.9 Å². The van der Waals surface area contributed by atoms with Crippen LogP contribution in [-0.2, 0) is 34.0 Å². The molecule has 0 saturated carbocycles. The van der Waals surface area contributed by atoms with Gasteiger partial charge in [-0.3, -0.25) is 4.79 Å². The number of nitrogens with one attached hydrogen (secondary N) is 1. The first-order chi connectivity index (χ1) is 16.0. The van der Waals surface area contributed by atoms with E-state index in [1.165, 1.54) is 4.31 Å². The van der Waals surface area contributed by atoms with Crippen molar-refractivity contribution in [2.45, 2.75) is 25.6 Å². The number of anilines is 2. The molecule has 1 amide bonds. The van der Waals surface area contributed by atoms with Gasteiger partial charge in [-0.05, 0) is 48.2 Å². The van der Waals surface area contributed by atoms with Crippen molar-refractivity contribution in [3.8, 4) is 0 Å². The molecule has 0 spiro atoms. The van der Waals surface area contributed by atoms with Gasteiger partial charge in [-0.2, -0.15) is 17.5 Å². The quantitative estimate of drug-likeness (QED) is 0.627. The molecule has 2 aliphatic heterocycles. The molecule has 34 heavy (non-hydrogen) atoms. The van der Waals surface area contributed by atoms with Crippen LogP contribution < -0.4 is 5.32 Å². The zero-order valence-corrected chi connectivity index (χ0v) is 18.9. The van der Waals surface area contributed by atoms with E-state index < -0.39 is 33.5 Å². The summed E-state index contributed by atoms with van der Waals surface area (Å²) in [6.45, 7) is 4.40. The van der Waals surface area contributed by atoms with E-state index in [9.17, 15) is 30.8 Å². The summed E-state index contributed by atoms with van der Waals surface area (Å²) >= 11 is 0. The summed E-state index contributed by atoms with van der Waals surface area (Å²) in [5.41, 5.74) is 1.12. The number of sulfonamides is 1. The molecule has 0 bridgehead atoms. The van der Waals surface area contributed by atoms with E-state index in [2.05, 4.69) is 11.9 Å². The number of fused-ring (bicyclic) bond motifs is 1. The minimum atomic E-state index is -4.63. The third-order valence-corrected chi connectivity index (χ3v) is 7.69. The second kappa shape index (κ2) is 9.03. The Morgan fingerprint density at radius 3 is 2.59 bits per heavy atom. The van der Waals surface area contributed by atoms with Crippen LogP contribution in [0.15, 0.2) is 48.4 Å². The van der Waals surface area contributed by atoms with Crippen LogP contribution in [0.3, 0.4) is 0 Å². The molecule has 1 N–H and O–H groups in total. The lowest BCUT2D eigenvalue weighted by atomic mass is 9.96. The lowest BCUT2D eigenvalue weighted by Crippen LogP contribution is -2.41. The molecule has 4 rings (SSSR count). The summed E-state index contributed by atoms with van der Waals surface area (Å²) in [5, 5.41) is 3.76. The van der Waals surface area contributed by atoms with Crippen LogP contribution in [0, 0.1) is 11.7 Å². The Morgan fingerprint density at radius 2 is 1.91 bits per heavy atom. The molecular formula is C23H23F4N3O3S. The minimum Gasteiger partial charge on any atom is -0.353 e. The minimum absolute atomic E-state index is 0.0746. The lowest BCUT2D eigenvalue weighted by Gasteiger charge is -2.32. The average molecular weight is 498 g/mol. The molecule has 0 aromatic heterocycles. The number of nitrogens with zero attached hydrogens (tertiary/aromatic N) is 2. The van der Waals surface area contributed by atoms with Gasteiger partial charge in [-0.1, -0.05) is 18.7 Å². The standard InChI is InChI=1S/C23H23F4N3O3S/c1-2-34(32,33)30-11-8-16(14-30)22(31)29-10-9-18-15(13-29)4-3-5-20(18)28-21-7-6-17(12-19(21)24)23(25,26)27/h2-7,12,16,28H,1,8-11,13-14H2. The van der Waals surface area contributed by atoms with Crippen LogP contribution in [0.1, 0.15) is 23.1 Å². The fraction of sp³-hybridized carbons (Fsp3) is 0.348. The number of benzene rings is 2. The third-order valence-electron chi connectivity index (χ3n) is 6.21. The second-order valence-corrected chi connectivity index (χ2v) is 10.2. The van der Waals surface area contributed by atoms with Gasteiger partial charge in [0, 0.05) is 37.3 Å². The Kier molecular flexibility index (Phi) is 6.43. The SMILES string of the molecule is C=CS(=O)(=O)N1CCC(C(=O)N2CCc3c(cccc3Nc3ccc(C(F)(F)F)cc3F)C2)C1. The predicted octanol–water partition coefficient (Wildman–Crippen LogP) is 4.27. The highest BCUT2D eigenvalue weighted by Gasteiger charge is 2.37. The number of hydrogen-bond acceptors (Lipinski definition) is 4. The van der Waals surface area contributed by atoms with Crippen LogP contribution in [0.25, 0.3) is 0 Å². The zero-order chi connectivity index (χ0) is 24.7. The van der Waals surface area contributed by atoms with E-state index in [-0.39, 0.29) is 24.7 Å². The molecule has 2 heterocycles. The van der Waals surface area contributed by atoms with Gasteiger partial charge in [0.2, 0.25) is 15.9 Å². The van der Waals surface area contributed by atoms with E-state index in [1.54, 1.807) is 17.0 Å². The normalized spacial score (nSPS) is 19.1. The lowest BCUT2D eigenvalue weighted by molar-refractivity contribution is -0.138. The van der Waals surface area contributed by atoms with Gasteiger partial charge in [0.05, 0.1) is 17.2 Å². The zero-order valence-electron chi connectivity index (χ0n) is 18.1. The Labute approximate surface area is 194 Å². The van der Waals surface area contributed by atoms with Crippen molar-refractivity contribution >= 4 is 27.3 Å². The van der Waals surface area contributed by atoms with Crippen molar-refractivity contribution in [3.63, 3.8) is 0 Å². The van der Waals surface area contributed by atoms with Crippen molar-refractivity contribution in [2.75, 3.05) is 25.0 Å². The molecule has 1 saturated heterocycles. The van der Waals surface area contributed by atoms with Crippen LogP contribution >= 0.6 is 0 Å². The maximum atomic E-state index is 14.3. The van der Waals surface area contributed by atoms with E-state index in [0.29, 0.717) is 37.7 Å². The highest BCUT2D eigenvalue weighted by atomic mass is 32.2. The maximum Gasteiger partial charge on any atom is 0.416 e. The number of halogens is 4. The molecule has 1 atom stereocenters. The van der Waals surface area contributed by atoms with Crippen molar-refractivity contribution in [1.82, 2.24) is 9.21 Å². The van der Waals surface area contributed by atoms with Crippen molar-refractivity contribution in [2.24, 2.45) is 5.92 Å². The molecule has 11 heteroatoms. The molecule has 2 aromatic rings. The van der Waals surface area contributed by atoms with Crippen LogP contribution in [0.2, 0.25) is 0 Å². The van der Waals surface area contributed by atoms with Gasteiger partial charge in [0.25, 0.3) is 0 Å². The largest absolute Gasteiger partial charge is 0.416 e. The highest BCUT2D eigenvalue weighted by Crippen LogP contribution is 2.34. The first-order valence-electron chi connectivity index (χ1n) is 10.7. The fourth-order valence-electron chi connectivity index (χ4n) is 4.38. The molecule has 2 aromatic carbocycles. The van der Waals surface area contributed by atoms with Crippen LogP contribution in [0.5, 0.6) is 0 Å². The molecule has 1 unspecified atom stereocenters. The summed E-state index contributed by atoms with van der Waals surface area (Å²) in [7, 11) is -3.57. The molecule has 6 nitrogen and oxygen atoms in total. The number of carbonyl (C=O) groups excluding carboxylic acids is 1. The summed E-state index contributed by atoms with van der Waals surface area (Å²) in [5.74, 6) is -1.57. The number of carbonyl (C=O) groups is 1. The summed E-state index contributed by atoms with van der Waals surface area (Å²) in [6.07, 6.45) is -3.73. The Morgan fingerprint density at radius 1 is 1.15 bits per heavy atom. The van der Waals surface area contributed by atoms with Crippen molar-refractivity contribution < 1.29 is 30.8 Å². The van der Waals surface area contributed by atoms with Gasteiger partial charge in [-0.25, -0.2) is 12.8 Å². The summed E-state index contributed by atoms with van der Waals surface area (Å²) in [6, 6.07) is 7.60. The summed E-state index contributed by atoms with van der Waals surface area (Å²) in [4.78, 5) is 14.7. The monoisotopic (exact) mass is 497 g/mol. The molecule has 1 fully saturated rings. The molecule has 0 radical (unpaired) electrons. The highest BCUT2D eigenvalue weighted by molar-refractivity contribution is 7.92. The average Bonchev–Trinajstić information content (AvgIpc) is 3.30. The number of amides is 1. The second-order valence-electron chi connectivity index (χ2n) is 8.33. The molecule has 182 valence electrons. The van der Waals surface area contributed by atoms with E-state index in [1.807, 2.05) is 6.07 Å². The van der Waals surface area contributed by atoms with Crippen molar-refractivity contribution in [1.29, 1.82) is 0 Å². The predicted molar refractivity (Wildman–Crippen MR) is 119 cm³/mol. The molecule has 2 aliphatic rings. The number of alkyl halides is 3. The van der Waals surface area contributed by atoms with Crippen LogP contribution in [-0.4, -0.2) is 43.2 Å². The number of hydrogen-bond donors (Lipinski definition) is 1. The topological polar surface area (TPSA) is 69.7 Å². The smallest absolute Gasteiger partial charge is 0.353 e. The van der Waals surface area contributed by atoms with Gasteiger partial charge in [0.1, 0.15) is 5.82 Å². The van der Waals surface area contributed by atoms with E-state index in [4.69, 9.17) is 0 Å². The fourth-order valence-corrected chi connectivity index (χ4v) is 5.34. The first kappa shape index (κ1) is 24.2. The maximum absolute atomic E-state index is 14.3. The Bertz CT molecular complexity index is 1230. The Balaban J connectivity index is 1.48. The van der Waals surface area contributed by atoms with E-state index in [0.717, 1.165) is 28.7 Å². The Hall–Kier alpha value is -2.92. The third kappa shape index (κ3) is 4.80. The first-order valence-corrected chi connectivity index (χ1v) is 12.2. The summed E-state index contributed by atoms with van der Waals surface area (Å²) < 4.78 is 77.9. The van der Waals surface area contributed by atoms with Gasteiger partial charge in [0.15, 0.2) is 0 Å². The van der Waals surface area contributed by atoms with Gasteiger partial charge in [-0.15, -0.1) is 0 Å². The molecule has 0 aliphatic carbocycles. The van der Waals surface area contributed by atoms with E-state index >= 15 is 0 Å². The number of rotatable bonds is 5. The van der Waals surface area contributed by atoms with Crippen molar-refractivity contribution in [3.05, 3.63) is 70.9 Å². The van der Waals surface area contributed by atoms with Gasteiger partial charge >= 0.3 is 6.18 Å².